The fraction of sp³-hybridized carbons (Fsp3) is 0.273. The van der Waals surface area contributed by atoms with Gasteiger partial charge in [0.05, 0.1) is 12.7 Å². The quantitative estimate of drug-likeness (QED) is 0.669. The number of ether oxygens (including phenoxy) is 1. The Balaban J connectivity index is 1.79. The lowest BCUT2D eigenvalue weighted by atomic mass is 10.2. The fourth-order valence-corrected chi connectivity index (χ4v) is 3.24. The first-order chi connectivity index (χ1) is 13.0. The van der Waals surface area contributed by atoms with Crippen molar-refractivity contribution in [2.75, 3.05) is 20.7 Å². The average Bonchev–Trinajstić information content (AvgIpc) is 3.00. The molecule has 0 bridgehead atoms. The lowest BCUT2D eigenvalue weighted by Gasteiger charge is -2.17. The van der Waals surface area contributed by atoms with E-state index in [1.807, 2.05) is 69.4 Å². The van der Waals surface area contributed by atoms with E-state index >= 15 is 0 Å². The van der Waals surface area contributed by atoms with Gasteiger partial charge in [0, 0.05) is 49.0 Å². The Hall–Kier alpha value is -3.08. The van der Waals surface area contributed by atoms with Crippen molar-refractivity contribution in [2.24, 2.45) is 0 Å². The van der Waals surface area contributed by atoms with Crippen LogP contribution in [0.25, 0.3) is 5.69 Å². The number of aryl methyl sites for hydroxylation is 1. The fourth-order valence-electron chi connectivity index (χ4n) is 3.24. The number of hydrogen-bond donors (Lipinski definition) is 0. The normalized spacial score (nSPS) is 10.7. The summed E-state index contributed by atoms with van der Waals surface area (Å²) in [6, 6.07) is 15.6. The molecule has 0 aliphatic rings. The summed E-state index contributed by atoms with van der Waals surface area (Å²) in [5.74, 6) is 0.838. The summed E-state index contributed by atoms with van der Waals surface area (Å²) < 4.78 is 7.33. The third-order valence-corrected chi connectivity index (χ3v) is 4.77. The third-order valence-electron chi connectivity index (χ3n) is 4.77. The molecule has 0 radical (unpaired) electrons. The molecule has 27 heavy (non-hydrogen) atoms. The van der Waals surface area contributed by atoms with Crippen molar-refractivity contribution >= 4 is 5.91 Å². The van der Waals surface area contributed by atoms with Crippen molar-refractivity contribution in [1.82, 2.24) is 14.5 Å². The van der Waals surface area contributed by atoms with E-state index < -0.39 is 0 Å². The Bertz CT molecular complexity index is 915. The molecule has 0 saturated heterocycles. The van der Waals surface area contributed by atoms with Gasteiger partial charge in [-0.15, -0.1) is 0 Å². The van der Waals surface area contributed by atoms with E-state index in [1.165, 1.54) is 0 Å². The van der Waals surface area contributed by atoms with Crippen molar-refractivity contribution in [3.05, 3.63) is 77.4 Å². The molecule has 2 aromatic heterocycles. The van der Waals surface area contributed by atoms with E-state index in [9.17, 15) is 4.79 Å². The van der Waals surface area contributed by atoms with E-state index in [4.69, 9.17) is 4.74 Å². The monoisotopic (exact) mass is 363 g/mol. The summed E-state index contributed by atoms with van der Waals surface area (Å²) in [4.78, 5) is 19.0. The molecule has 140 valence electrons. The minimum atomic E-state index is 0.0267. The number of methoxy groups -OCH3 is 1. The largest absolute Gasteiger partial charge is 0.497 e. The van der Waals surface area contributed by atoms with Crippen molar-refractivity contribution in [2.45, 2.75) is 20.3 Å². The number of carbonyl (C=O) groups is 1. The first-order valence-electron chi connectivity index (χ1n) is 9.00. The van der Waals surface area contributed by atoms with E-state index in [-0.39, 0.29) is 5.91 Å². The lowest BCUT2D eigenvalue weighted by Crippen LogP contribution is -2.29. The molecule has 3 rings (SSSR count). The highest BCUT2D eigenvalue weighted by Gasteiger charge is 2.19. The molecule has 0 saturated carbocycles. The molecule has 0 N–H and O–H groups in total. The highest BCUT2D eigenvalue weighted by atomic mass is 16.5. The maximum absolute atomic E-state index is 13.0. The SMILES string of the molecule is COc1ccc(-n2c(C)cc(C(=O)N(C)CCc3ccccn3)c2C)cc1. The number of aromatic nitrogens is 2. The van der Waals surface area contributed by atoms with Gasteiger partial charge in [0.15, 0.2) is 0 Å². The van der Waals surface area contributed by atoms with Gasteiger partial charge in [-0.2, -0.15) is 0 Å². The highest BCUT2D eigenvalue weighted by Crippen LogP contribution is 2.23. The smallest absolute Gasteiger partial charge is 0.255 e. The average molecular weight is 363 g/mol. The molecule has 1 amide bonds. The van der Waals surface area contributed by atoms with Crippen LogP contribution in [0.15, 0.2) is 54.7 Å². The van der Waals surface area contributed by atoms with Gasteiger partial charge in [0.25, 0.3) is 5.91 Å². The number of rotatable bonds is 6. The van der Waals surface area contributed by atoms with Gasteiger partial charge >= 0.3 is 0 Å². The van der Waals surface area contributed by atoms with Crippen molar-refractivity contribution in [1.29, 1.82) is 0 Å². The van der Waals surface area contributed by atoms with Crippen LogP contribution in [-0.4, -0.2) is 41.1 Å². The van der Waals surface area contributed by atoms with E-state index in [0.717, 1.165) is 40.5 Å². The van der Waals surface area contributed by atoms with Gasteiger partial charge in [0.1, 0.15) is 5.75 Å². The van der Waals surface area contributed by atoms with Crippen molar-refractivity contribution < 1.29 is 9.53 Å². The Morgan fingerprint density at radius 2 is 1.89 bits per heavy atom. The Kier molecular flexibility index (Phi) is 5.60. The highest BCUT2D eigenvalue weighted by molar-refractivity contribution is 5.95. The van der Waals surface area contributed by atoms with Gasteiger partial charge in [0.2, 0.25) is 0 Å². The van der Waals surface area contributed by atoms with Crippen LogP contribution in [0, 0.1) is 13.8 Å². The Morgan fingerprint density at radius 3 is 2.52 bits per heavy atom. The molecular weight excluding hydrogens is 338 g/mol. The number of nitrogens with zero attached hydrogens (tertiary/aromatic N) is 3. The van der Waals surface area contributed by atoms with Crippen LogP contribution >= 0.6 is 0 Å². The number of pyridine rings is 1. The zero-order valence-corrected chi connectivity index (χ0v) is 16.3. The maximum atomic E-state index is 13.0. The minimum absolute atomic E-state index is 0.0267. The van der Waals surface area contributed by atoms with Gasteiger partial charge < -0.3 is 14.2 Å². The molecule has 0 atom stereocenters. The number of carbonyl (C=O) groups excluding carboxylic acids is 1. The molecule has 5 nitrogen and oxygen atoms in total. The second kappa shape index (κ2) is 8.08. The number of amides is 1. The number of hydrogen-bond acceptors (Lipinski definition) is 3. The van der Waals surface area contributed by atoms with Gasteiger partial charge in [-0.05, 0) is 56.3 Å². The first kappa shape index (κ1) is 18.7. The molecule has 0 unspecified atom stereocenters. The number of likely N-dealkylation sites (N-methyl/N-ethyl adjacent to an activating group) is 1. The zero-order valence-electron chi connectivity index (χ0n) is 16.3. The Labute approximate surface area is 160 Å². The van der Waals surface area contributed by atoms with Crippen LogP contribution in [0.2, 0.25) is 0 Å². The molecular formula is C22H25N3O2. The second-order valence-corrected chi connectivity index (χ2v) is 6.62. The molecule has 1 aromatic carbocycles. The van der Waals surface area contributed by atoms with Crippen molar-refractivity contribution in [3.8, 4) is 11.4 Å². The van der Waals surface area contributed by atoms with Crippen molar-refractivity contribution in [3.63, 3.8) is 0 Å². The molecule has 0 aliphatic heterocycles. The summed E-state index contributed by atoms with van der Waals surface area (Å²) in [5.41, 5.74) is 4.69. The summed E-state index contributed by atoms with van der Waals surface area (Å²) in [6.45, 7) is 4.63. The summed E-state index contributed by atoms with van der Waals surface area (Å²) in [5, 5.41) is 0. The maximum Gasteiger partial charge on any atom is 0.255 e. The Morgan fingerprint density at radius 1 is 1.15 bits per heavy atom. The molecule has 0 aliphatic carbocycles. The van der Waals surface area contributed by atoms with E-state index in [2.05, 4.69) is 9.55 Å². The molecule has 0 fully saturated rings. The second-order valence-electron chi connectivity index (χ2n) is 6.62. The standard InChI is InChI=1S/C22H25N3O2/c1-16-15-21(17(2)25(16)19-8-10-20(27-4)11-9-19)22(26)24(3)14-12-18-7-5-6-13-23-18/h5-11,13,15H,12,14H2,1-4H3. The zero-order chi connectivity index (χ0) is 19.4. The van der Waals surface area contributed by atoms with Crippen LogP contribution in [0.3, 0.4) is 0 Å². The summed E-state index contributed by atoms with van der Waals surface area (Å²) in [6.07, 6.45) is 2.51. The van der Waals surface area contributed by atoms with Crippen LogP contribution < -0.4 is 4.74 Å². The van der Waals surface area contributed by atoms with E-state index in [1.54, 1.807) is 18.2 Å². The predicted octanol–water partition coefficient (Wildman–Crippen LogP) is 3.81. The van der Waals surface area contributed by atoms with Crippen LogP contribution in [0.4, 0.5) is 0 Å². The molecule has 5 heteroatoms. The van der Waals surface area contributed by atoms with Gasteiger partial charge in [-0.25, -0.2) is 0 Å². The third kappa shape index (κ3) is 4.03. The number of benzene rings is 1. The van der Waals surface area contributed by atoms with Crippen LogP contribution in [-0.2, 0) is 6.42 Å². The minimum Gasteiger partial charge on any atom is -0.497 e. The lowest BCUT2D eigenvalue weighted by molar-refractivity contribution is 0.0795. The van der Waals surface area contributed by atoms with Gasteiger partial charge in [-0.3, -0.25) is 9.78 Å². The topological polar surface area (TPSA) is 47.4 Å². The predicted molar refractivity (Wildman–Crippen MR) is 107 cm³/mol. The molecule has 2 heterocycles. The van der Waals surface area contributed by atoms with E-state index in [0.29, 0.717) is 6.54 Å². The van der Waals surface area contributed by atoms with Crippen LogP contribution in [0.5, 0.6) is 5.75 Å². The van der Waals surface area contributed by atoms with Crippen LogP contribution in [0.1, 0.15) is 27.4 Å². The summed E-state index contributed by atoms with van der Waals surface area (Å²) in [7, 11) is 3.49. The first-order valence-corrected chi connectivity index (χ1v) is 9.00. The summed E-state index contributed by atoms with van der Waals surface area (Å²) >= 11 is 0. The molecule has 3 aromatic rings. The van der Waals surface area contributed by atoms with Gasteiger partial charge in [-0.1, -0.05) is 6.07 Å². The molecule has 0 spiro atoms.